The molecule has 2 N–H and O–H groups in total. The summed E-state index contributed by atoms with van der Waals surface area (Å²) >= 11 is 6.08. The lowest BCUT2D eigenvalue weighted by Gasteiger charge is -2.38. The van der Waals surface area contributed by atoms with Gasteiger partial charge in [-0.2, -0.15) is 0 Å². The van der Waals surface area contributed by atoms with Gasteiger partial charge in [0.15, 0.2) is 0 Å². The summed E-state index contributed by atoms with van der Waals surface area (Å²) in [7, 11) is 2.13. The third kappa shape index (κ3) is 3.41. The molecule has 0 saturated carbocycles. The molecule has 0 amide bonds. The molecule has 0 bridgehead atoms. The third-order valence-corrected chi connectivity index (χ3v) is 4.38. The number of likely N-dealkylation sites (tertiary alicyclic amines) is 1. The Bertz CT molecular complexity index is 499. The number of hydrogen-bond acceptors (Lipinski definition) is 4. The van der Waals surface area contributed by atoms with E-state index < -0.39 is 5.97 Å². The van der Waals surface area contributed by atoms with Crippen LogP contribution in [-0.4, -0.2) is 47.6 Å². The van der Waals surface area contributed by atoms with Crippen molar-refractivity contribution in [3.05, 3.63) is 22.8 Å². The fourth-order valence-corrected chi connectivity index (χ4v) is 2.62. The van der Waals surface area contributed by atoms with Crippen LogP contribution < -0.4 is 5.32 Å². The van der Waals surface area contributed by atoms with Crippen molar-refractivity contribution in [2.45, 2.75) is 19.8 Å². The minimum absolute atomic E-state index is 0.0812. The van der Waals surface area contributed by atoms with Gasteiger partial charge in [0, 0.05) is 12.7 Å². The Morgan fingerprint density at radius 3 is 2.80 bits per heavy atom. The van der Waals surface area contributed by atoms with Crippen LogP contribution in [0.1, 0.15) is 30.1 Å². The van der Waals surface area contributed by atoms with Gasteiger partial charge in [0.25, 0.3) is 0 Å². The number of aromatic nitrogens is 1. The van der Waals surface area contributed by atoms with Gasteiger partial charge in [0.1, 0.15) is 5.82 Å². The van der Waals surface area contributed by atoms with Crippen molar-refractivity contribution in [2.24, 2.45) is 5.41 Å². The van der Waals surface area contributed by atoms with Crippen LogP contribution in [0.25, 0.3) is 0 Å². The second kappa shape index (κ2) is 5.97. The van der Waals surface area contributed by atoms with Gasteiger partial charge in [-0.05, 0) is 44.5 Å². The molecule has 2 rings (SSSR count). The predicted molar refractivity (Wildman–Crippen MR) is 79.5 cm³/mol. The van der Waals surface area contributed by atoms with Crippen molar-refractivity contribution in [2.75, 3.05) is 32.0 Å². The molecular weight excluding hydrogens is 278 g/mol. The molecule has 0 unspecified atom stereocenters. The summed E-state index contributed by atoms with van der Waals surface area (Å²) in [5, 5.41) is 12.4. The smallest absolute Gasteiger partial charge is 0.337 e. The van der Waals surface area contributed by atoms with E-state index in [9.17, 15) is 4.79 Å². The molecule has 5 nitrogen and oxygen atoms in total. The number of nitrogens with zero attached hydrogens (tertiary/aromatic N) is 2. The highest BCUT2D eigenvalue weighted by Crippen LogP contribution is 2.32. The summed E-state index contributed by atoms with van der Waals surface area (Å²) in [5.74, 6) is -0.585. The summed E-state index contributed by atoms with van der Waals surface area (Å²) in [6.07, 6.45) is 3.67. The molecule has 0 radical (unpaired) electrons. The van der Waals surface area contributed by atoms with E-state index in [1.165, 1.54) is 12.3 Å². The zero-order valence-corrected chi connectivity index (χ0v) is 12.6. The summed E-state index contributed by atoms with van der Waals surface area (Å²) in [6.45, 7) is 5.14. The molecule has 1 aromatic heterocycles. The van der Waals surface area contributed by atoms with Gasteiger partial charge in [-0.3, -0.25) is 0 Å². The van der Waals surface area contributed by atoms with Crippen molar-refractivity contribution in [1.82, 2.24) is 9.88 Å². The highest BCUT2D eigenvalue weighted by Gasteiger charge is 2.29. The van der Waals surface area contributed by atoms with Gasteiger partial charge < -0.3 is 15.3 Å². The molecule has 1 fully saturated rings. The van der Waals surface area contributed by atoms with Gasteiger partial charge >= 0.3 is 5.97 Å². The van der Waals surface area contributed by atoms with E-state index in [-0.39, 0.29) is 16.0 Å². The lowest BCUT2D eigenvalue weighted by Crippen LogP contribution is -2.40. The van der Waals surface area contributed by atoms with Crippen LogP contribution in [0.4, 0.5) is 5.82 Å². The zero-order chi connectivity index (χ0) is 14.8. The Balaban J connectivity index is 2.04. The fraction of sp³-hybridized carbons (Fsp3) is 0.571. The van der Waals surface area contributed by atoms with Gasteiger partial charge in [-0.25, -0.2) is 9.78 Å². The second-order valence-corrected chi connectivity index (χ2v) is 6.17. The van der Waals surface area contributed by atoms with Crippen LogP contribution in [0.3, 0.4) is 0 Å². The van der Waals surface area contributed by atoms with E-state index in [2.05, 4.69) is 29.2 Å². The maximum atomic E-state index is 11.0. The number of anilines is 1. The van der Waals surface area contributed by atoms with E-state index in [4.69, 9.17) is 16.7 Å². The topological polar surface area (TPSA) is 65.5 Å². The molecule has 0 spiro atoms. The molecule has 110 valence electrons. The molecule has 2 heterocycles. The lowest BCUT2D eigenvalue weighted by molar-refractivity contribution is 0.0697. The van der Waals surface area contributed by atoms with Crippen LogP contribution in [0.2, 0.25) is 5.02 Å². The van der Waals surface area contributed by atoms with Gasteiger partial charge in [0.2, 0.25) is 0 Å². The van der Waals surface area contributed by atoms with Crippen molar-refractivity contribution in [3.63, 3.8) is 0 Å². The van der Waals surface area contributed by atoms with E-state index >= 15 is 0 Å². The van der Waals surface area contributed by atoms with Crippen LogP contribution in [-0.2, 0) is 0 Å². The largest absolute Gasteiger partial charge is 0.478 e. The van der Waals surface area contributed by atoms with E-state index in [0.29, 0.717) is 5.82 Å². The Morgan fingerprint density at radius 1 is 1.55 bits per heavy atom. The standard InChI is InChI=1S/C14H20ClN3O2/c1-14(4-7-18(2)8-5-14)9-17-12-11(15)10(13(19)20)3-6-16-12/h3,6H,4-5,7-9H2,1-2H3,(H,16,17)(H,19,20). The second-order valence-electron chi connectivity index (χ2n) is 5.79. The molecule has 0 aromatic carbocycles. The third-order valence-electron chi connectivity index (χ3n) is 4.00. The Morgan fingerprint density at radius 2 is 2.20 bits per heavy atom. The maximum absolute atomic E-state index is 11.0. The van der Waals surface area contributed by atoms with E-state index in [0.717, 1.165) is 32.5 Å². The van der Waals surface area contributed by atoms with E-state index in [1.54, 1.807) is 0 Å². The average Bonchev–Trinajstić information content (AvgIpc) is 2.41. The SMILES string of the molecule is CN1CCC(C)(CNc2nccc(C(=O)O)c2Cl)CC1. The molecule has 1 saturated heterocycles. The first-order valence-electron chi connectivity index (χ1n) is 6.71. The summed E-state index contributed by atoms with van der Waals surface area (Å²) in [5.41, 5.74) is 0.272. The quantitative estimate of drug-likeness (QED) is 0.894. The van der Waals surface area contributed by atoms with Crippen molar-refractivity contribution < 1.29 is 9.90 Å². The van der Waals surface area contributed by atoms with E-state index in [1.807, 2.05) is 0 Å². The highest BCUT2D eigenvalue weighted by molar-refractivity contribution is 6.35. The molecule has 1 aromatic rings. The molecule has 0 aliphatic carbocycles. The van der Waals surface area contributed by atoms with Crippen molar-refractivity contribution in [1.29, 1.82) is 0 Å². The minimum atomic E-state index is -1.04. The molecule has 0 atom stereocenters. The Hall–Kier alpha value is -1.33. The number of hydrogen-bond donors (Lipinski definition) is 2. The zero-order valence-electron chi connectivity index (χ0n) is 11.8. The highest BCUT2D eigenvalue weighted by atomic mass is 35.5. The first kappa shape index (κ1) is 15.1. The number of pyridine rings is 1. The van der Waals surface area contributed by atoms with Gasteiger partial charge in [-0.1, -0.05) is 18.5 Å². The molecule has 1 aliphatic rings. The number of halogens is 1. The number of nitrogens with one attached hydrogen (secondary N) is 1. The summed E-state index contributed by atoms with van der Waals surface area (Å²) in [4.78, 5) is 17.5. The van der Waals surface area contributed by atoms with Crippen LogP contribution in [0.5, 0.6) is 0 Å². The van der Waals surface area contributed by atoms with Crippen LogP contribution >= 0.6 is 11.6 Å². The molecular formula is C14H20ClN3O2. The van der Waals surface area contributed by atoms with Crippen LogP contribution in [0.15, 0.2) is 12.3 Å². The number of aromatic carboxylic acids is 1. The normalized spacial score (nSPS) is 18.8. The van der Waals surface area contributed by atoms with Gasteiger partial charge in [-0.15, -0.1) is 0 Å². The van der Waals surface area contributed by atoms with Crippen molar-refractivity contribution >= 4 is 23.4 Å². The monoisotopic (exact) mass is 297 g/mol. The summed E-state index contributed by atoms with van der Waals surface area (Å²) < 4.78 is 0. The van der Waals surface area contributed by atoms with Gasteiger partial charge in [0.05, 0.1) is 10.6 Å². The number of piperidine rings is 1. The Labute approximate surface area is 123 Å². The number of carbonyl (C=O) groups is 1. The fourth-order valence-electron chi connectivity index (χ4n) is 2.36. The molecule has 20 heavy (non-hydrogen) atoms. The number of carboxylic acid groups (broad SMARTS) is 1. The number of rotatable bonds is 4. The maximum Gasteiger partial charge on any atom is 0.337 e. The first-order chi connectivity index (χ1) is 9.41. The Kier molecular flexibility index (Phi) is 4.50. The summed E-state index contributed by atoms with van der Waals surface area (Å²) in [6, 6.07) is 1.41. The van der Waals surface area contributed by atoms with Crippen LogP contribution in [0, 0.1) is 5.41 Å². The lowest BCUT2D eigenvalue weighted by atomic mass is 9.80. The molecule has 6 heteroatoms. The molecule has 1 aliphatic heterocycles. The van der Waals surface area contributed by atoms with Crippen molar-refractivity contribution in [3.8, 4) is 0 Å². The minimum Gasteiger partial charge on any atom is -0.478 e. The predicted octanol–water partition coefficient (Wildman–Crippen LogP) is 2.58. The first-order valence-corrected chi connectivity index (χ1v) is 7.09. The number of carboxylic acids is 1. The average molecular weight is 298 g/mol.